The molecule has 1 aromatic heterocycles. The van der Waals surface area contributed by atoms with E-state index in [-0.39, 0.29) is 34.4 Å². The molecule has 0 saturated heterocycles. The highest BCUT2D eigenvalue weighted by Crippen LogP contribution is 2.34. The normalized spacial score (nSPS) is 10.8. The van der Waals surface area contributed by atoms with Crippen LogP contribution in [0.25, 0.3) is 45.2 Å². The standard InChI is InChI=1S/C28H18N2O7/c31-19-5-1-3-15(11-19)23-13-17(7-9-21(23)27(33)34)25-29-30-26(37-25)18-8-10-22(28(35)36)24(14-18)16-4-2-6-20(32)12-16/h1-14,31-32H,(H,33,34)(H,35,36). The third-order valence-electron chi connectivity index (χ3n) is 5.73. The number of hydrogen-bond acceptors (Lipinski definition) is 7. The number of carbonyl (C=O) groups is 2. The van der Waals surface area contributed by atoms with E-state index in [1.807, 2.05) is 0 Å². The van der Waals surface area contributed by atoms with E-state index < -0.39 is 11.9 Å². The highest BCUT2D eigenvalue weighted by atomic mass is 16.4. The first-order chi connectivity index (χ1) is 17.8. The molecule has 37 heavy (non-hydrogen) atoms. The van der Waals surface area contributed by atoms with Gasteiger partial charge in [0.15, 0.2) is 0 Å². The zero-order valence-electron chi connectivity index (χ0n) is 19.0. The number of rotatable bonds is 6. The molecule has 0 bridgehead atoms. The SMILES string of the molecule is O=C(O)c1ccc(-c2nnc(-c3ccc(C(=O)O)c(-c4cccc(O)c4)c3)o2)cc1-c1cccc(O)c1. The van der Waals surface area contributed by atoms with Crippen LogP contribution >= 0.6 is 0 Å². The Bertz CT molecular complexity index is 1550. The van der Waals surface area contributed by atoms with Crippen molar-refractivity contribution < 1.29 is 34.4 Å². The molecule has 4 aromatic carbocycles. The number of carboxylic acid groups (broad SMARTS) is 2. The van der Waals surface area contributed by atoms with Gasteiger partial charge in [-0.3, -0.25) is 0 Å². The molecule has 0 amide bonds. The minimum atomic E-state index is -1.13. The van der Waals surface area contributed by atoms with Crippen molar-refractivity contribution in [1.29, 1.82) is 0 Å². The second-order valence-electron chi connectivity index (χ2n) is 8.14. The third kappa shape index (κ3) is 4.61. The lowest BCUT2D eigenvalue weighted by atomic mass is 9.97. The molecule has 0 atom stereocenters. The van der Waals surface area contributed by atoms with Gasteiger partial charge in [-0.25, -0.2) is 9.59 Å². The Morgan fingerprint density at radius 3 is 1.38 bits per heavy atom. The number of phenolic OH excluding ortho intramolecular Hbond substituents is 2. The van der Waals surface area contributed by atoms with Gasteiger partial charge in [-0.05, 0) is 82.9 Å². The lowest BCUT2D eigenvalue weighted by Crippen LogP contribution is -2.00. The molecule has 0 radical (unpaired) electrons. The second kappa shape index (κ2) is 9.31. The molecule has 0 fully saturated rings. The van der Waals surface area contributed by atoms with Crippen molar-refractivity contribution in [1.82, 2.24) is 10.2 Å². The Hall–Kier alpha value is -5.44. The summed E-state index contributed by atoms with van der Waals surface area (Å²) in [7, 11) is 0. The first kappa shape index (κ1) is 23.3. The summed E-state index contributed by atoms with van der Waals surface area (Å²) < 4.78 is 5.87. The Kier molecular flexibility index (Phi) is 5.86. The minimum absolute atomic E-state index is 0.00772. The van der Waals surface area contributed by atoms with Gasteiger partial charge in [0.25, 0.3) is 0 Å². The zero-order valence-corrected chi connectivity index (χ0v) is 19.0. The van der Waals surface area contributed by atoms with Crippen molar-refractivity contribution >= 4 is 11.9 Å². The van der Waals surface area contributed by atoms with Crippen molar-refractivity contribution in [3.8, 4) is 56.7 Å². The highest BCUT2D eigenvalue weighted by molar-refractivity contribution is 5.98. The maximum Gasteiger partial charge on any atom is 0.336 e. The van der Waals surface area contributed by atoms with Gasteiger partial charge < -0.3 is 24.8 Å². The zero-order chi connectivity index (χ0) is 26.1. The van der Waals surface area contributed by atoms with Crippen LogP contribution in [-0.4, -0.2) is 42.6 Å². The van der Waals surface area contributed by atoms with Crippen LogP contribution in [0.1, 0.15) is 20.7 Å². The fourth-order valence-electron chi connectivity index (χ4n) is 4.01. The molecule has 9 heteroatoms. The molecule has 9 nitrogen and oxygen atoms in total. The first-order valence-electron chi connectivity index (χ1n) is 11.0. The summed E-state index contributed by atoms with van der Waals surface area (Å²) in [5, 5.41) is 47.2. The number of phenols is 2. The lowest BCUT2D eigenvalue weighted by molar-refractivity contribution is 0.0687. The summed E-state index contributed by atoms with van der Waals surface area (Å²) in [5.41, 5.74) is 2.70. The molecular weight excluding hydrogens is 476 g/mol. The van der Waals surface area contributed by atoms with Gasteiger partial charge >= 0.3 is 11.9 Å². The predicted octanol–water partition coefficient (Wildman–Crippen LogP) is 5.55. The minimum Gasteiger partial charge on any atom is -0.508 e. The Labute approximate surface area is 209 Å². The average Bonchev–Trinajstić information content (AvgIpc) is 3.38. The van der Waals surface area contributed by atoms with E-state index in [1.54, 1.807) is 48.5 Å². The van der Waals surface area contributed by atoms with Gasteiger partial charge in [0, 0.05) is 11.1 Å². The van der Waals surface area contributed by atoms with E-state index in [0.717, 1.165) is 0 Å². The molecule has 4 N–H and O–H groups in total. The van der Waals surface area contributed by atoms with E-state index in [2.05, 4.69) is 10.2 Å². The van der Waals surface area contributed by atoms with E-state index in [1.165, 1.54) is 36.4 Å². The van der Waals surface area contributed by atoms with Crippen LogP contribution in [-0.2, 0) is 0 Å². The summed E-state index contributed by atoms with van der Waals surface area (Å²) in [5.74, 6) is -2.04. The van der Waals surface area contributed by atoms with Crippen LogP contribution in [0.15, 0.2) is 89.3 Å². The van der Waals surface area contributed by atoms with Gasteiger partial charge in [-0.2, -0.15) is 0 Å². The molecule has 182 valence electrons. The number of hydrogen-bond donors (Lipinski definition) is 4. The fourth-order valence-corrected chi connectivity index (χ4v) is 4.01. The summed E-state index contributed by atoms with van der Waals surface area (Å²) in [6.45, 7) is 0. The quantitative estimate of drug-likeness (QED) is 0.238. The van der Waals surface area contributed by atoms with Crippen molar-refractivity contribution in [2.45, 2.75) is 0 Å². The number of aromatic carboxylic acids is 2. The molecule has 5 aromatic rings. The Balaban J connectivity index is 1.57. The smallest absolute Gasteiger partial charge is 0.336 e. The average molecular weight is 494 g/mol. The van der Waals surface area contributed by atoms with Gasteiger partial charge in [-0.1, -0.05) is 24.3 Å². The molecule has 1 heterocycles. The van der Waals surface area contributed by atoms with E-state index in [9.17, 15) is 30.0 Å². The molecule has 0 aliphatic rings. The number of carboxylic acids is 2. The molecule has 0 aliphatic heterocycles. The molecule has 0 aliphatic carbocycles. The number of aromatic hydroxyl groups is 2. The van der Waals surface area contributed by atoms with Crippen molar-refractivity contribution in [3.05, 3.63) is 96.1 Å². The molecular formula is C28H18N2O7. The Morgan fingerprint density at radius 2 is 1.00 bits per heavy atom. The molecule has 0 saturated carbocycles. The third-order valence-corrected chi connectivity index (χ3v) is 5.73. The van der Waals surface area contributed by atoms with E-state index >= 15 is 0 Å². The van der Waals surface area contributed by atoms with Gasteiger partial charge in [-0.15, -0.1) is 10.2 Å². The van der Waals surface area contributed by atoms with Crippen LogP contribution in [0.3, 0.4) is 0 Å². The van der Waals surface area contributed by atoms with Crippen LogP contribution in [0.4, 0.5) is 0 Å². The van der Waals surface area contributed by atoms with Crippen LogP contribution in [0, 0.1) is 0 Å². The lowest BCUT2D eigenvalue weighted by Gasteiger charge is -2.09. The van der Waals surface area contributed by atoms with Crippen LogP contribution in [0.2, 0.25) is 0 Å². The molecule has 5 rings (SSSR count). The van der Waals surface area contributed by atoms with Crippen molar-refractivity contribution in [3.63, 3.8) is 0 Å². The van der Waals surface area contributed by atoms with Gasteiger partial charge in [0.1, 0.15) is 11.5 Å². The highest BCUT2D eigenvalue weighted by Gasteiger charge is 2.19. The van der Waals surface area contributed by atoms with E-state index in [4.69, 9.17) is 4.42 Å². The van der Waals surface area contributed by atoms with Gasteiger partial charge in [0.2, 0.25) is 11.8 Å². The summed E-state index contributed by atoms with van der Waals surface area (Å²) in [4.78, 5) is 23.6. The second-order valence-corrected chi connectivity index (χ2v) is 8.14. The van der Waals surface area contributed by atoms with Crippen LogP contribution in [0.5, 0.6) is 11.5 Å². The maximum absolute atomic E-state index is 11.8. The topological polar surface area (TPSA) is 154 Å². The van der Waals surface area contributed by atoms with Crippen molar-refractivity contribution in [2.24, 2.45) is 0 Å². The van der Waals surface area contributed by atoms with Crippen molar-refractivity contribution in [2.75, 3.05) is 0 Å². The van der Waals surface area contributed by atoms with Crippen LogP contribution < -0.4 is 0 Å². The number of nitrogens with zero attached hydrogens (tertiary/aromatic N) is 2. The molecule has 0 spiro atoms. The summed E-state index contributed by atoms with van der Waals surface area (Å²) in [6, 6.07) is 21.5. The first-order valence-corrected chi connectivity index (χ1v) is 11.0. The fraction of sp³-hybridized carbons (Fsp3) is 0. The number of aromatic nitrogens is 2. The van der Waals surface area contributed by atoms with Gasteiger partial charge in [0.05, 0.1) is 11.1 Å². The Morgan fingerprint density at radius 1 is 0.568 bits per heavy atom. The predicted molar refractivity (Wildman–Crippen MR) is 133 cm³/mol. The number of benzene rings is 4. The monoisotopic (exact) mass is 494 g/mol. The molecule has 0 unspecified atom stereocenters. The summed E-state index contributed by atoms with van der Waals surface area (Å²) >= 11 is 0. The maximum atomic E-state index is 11.8. The largest absolute Gasteiger partial charge is 0.508 e. The summed E-state index contributed by atoms with van der Waals surface area (Å²) in [6.07, 6.45) is 0. The van der Waals surface area contributed by atoms with E-state index in [0.29, 0.717) is 33.4 Å².